The Morgan fingerprint density at radius 3 is 2.64 bits per heavy atom. The first-order chi connectivity index (χ1) is 12.1. The topological polar surface area (TPSA) is 47.6 Å². The fourth-order valence-electron chi connectivity index (χ4n) is 2.13. The zero-order valence-electron chi connectivity index (χ0n) is 14.4. The highest BCUT2D eigenvalue weighted by Gasteiger charge is 2.06. The van der Waals surface area contributed by atoms with Crippen molar-refractivity contribution in [1.82, 2.24) is 0 Å². The molecule has 5 heteroatoms. The van der Waals surface area contributed by atoms with Gasteiger partial charge in [0.15, 0.2) is 0 Å². The van der Waals surface area contributed by atoms with Crippen molar-refractivity contribution >= 4 is 29.3 Å². The number of hydrogen-bond donors (Lipinski definition) is 1. The molecule has 0 saturated carbocycles. The third-order valence-electron chi connectivity index (χ3n) is 3.49. The van der Waals surface area contributed by atoms with Crippen LogP contribution in [-0.2, 0) is 4.79 Å². The van der Waals surface area contributed by atoms with Crippen molar-refractivity contribution in [3.05, 3.63) is 59.1 Å². The van der Waals surface area contributed by atoms with E-state index >= 15 is 0 Å². The van der Waals surface area contributed by atoms with E-state index in [1.54, 1.807) is 31.4 Å². The Labute approximate surface area is 153 Å². The number of benzene rings is 2. The Kier molecular flexibility index (Phi) is 7.36. The number of carbonyl (C=O) groups is 1. The molecule has 0 aliphatic carbocycles. The molecule has 25 heavy (non-hydrogen) atoms. The fraction of sp³-hybridized carbons (Fsp3) is 0.250. The summed E-state index contributed by atoms with van der Waals surface area (Å²) < 4.78 is 10.8. The summed E-state index contributed by atoms with van der Waals surface area (Å²) in [4.78, 5) is 12.1. The molecular formula is C20H22ClNO3. The van der Waals surface area contributed by atoms with Crippen LogP contribution >= 0.6 is 11.6 Å². The fourth-order valence-corrected chi connectivity index (χ4v) is 2.31. The van der Waals surface area contributed by atoms with Crippen molar-refractivity contribution in [2.45, 2.75) is 19.8 Å². The van der Waals surface area contributed by atoms with Gasteiger partial charge in [0.2, 0.25) is 5.91 Å². The summed E-state index contributed by atoms with van der Waals surface area (Å²) in [6.45, 7) is 2.84. The van der Waals surface area contributed by atoms with Gasteiger partial charge in [-0.05, 0) is 48.4 Å². The van der Waals surface area contributed by atoms with E-state index in [0.29, 0.717) is 16.5 Å². The Hall–Kier alpha value is -2.46. The van der Waals surface area contributed by atoms with Gasteiger partial charge in [-0.2, -0.15) is 0 Å². The van der Waals surface area contributed by atoms with Gasteiger partial charge < -0.3 is 14.8 Å². The zero-order chi connectivity index (χ0) is 18.1. The van der Waals surface area contributed by atoms with Crippen LogP contribution in [0.4, 0.5) is 5.69 Å². The summed E-state index contributed by atoms with van der Waals surface area (Å²) in [5.41, 5.74) is 1.44. The highest BCUT2D eigenvalue weighted by Crippen LogP contribution is 2.27. The van der Waals surface area contributed by atoms with Gasteiger partial charge >= 0.3 is 0 Å². The highest BCUT2D eigenvalue weighted by molar-refractivity contribution is 6.31. The van der Waals surface area contributed by atoms with Gasteiger partial charge in [0.05, 0.1) is 19.4 Å². The number of halogens is 1. The first kappa shape index (κ1) is 18.9. The molecule has 2 aromatic rings. The average molecular weight is 360 g/mol. The summed E-state index contributed by atoms with van der Waals surface area (Å²) >= 11 is 5.95. The lowest BCUT2D eigenvalue weighted by molar-refractivity contribution is -0.111. The summed E-state index contributed by atoms with van der Waals surface area (Å²) in [5.74, 6) is 1.13. The summed E-state index contributed by atoms with van der Waals surface area (Å²) in [6.07, 6.45) is 5.34. The summed E-state index contributed by atoms with van der Waals surface area (Å²) in [6, 6.07) is 12.7. The van der Waals surface area contributed by atoms with Gasteiger partial charge in [-0.3, -0.25) is 4.79 Å². The van der Waals surface area contributed by atoms with Crippen LogP contribution in [0, 0.1) is 0 Å². The average Bonchev–Trinajstić information content (AvgIpc) is 2.61. The molecule has 2 rings (SSSR count). The van der Waals surface area contributed by atoms with Gasteiger partial charge in [0.1, 0.15) is 11.5 Å². The van der Waals surface area contributed by atoms with Crippen LogP contribution in [0.3, 0.4) is 0 Å². The quantitative estimate of drug-likeness (QED) is 0.522. The molecule has 0 radical (unpaired) electrons. The molecule has 0 aliphatic rings. The Balaban J connectivity index is 1.95. The number of anilines is 1. The van der Waals surface area contributed by atoms with Gasteiger partial charge in [-0.15, -0.1) is 0 Å². The first-order valence-corrected chi connectivity index (χ1v) is 8.55. The molecule has 0 unspecified atom stereocenters. The van der Waals surface area contributed by atoms with Crippen LogP contribution in [-0.4, -0.2) is 19.6 Å². The molecule has 0 saturated heterocycles. The van der Waals surface area contributed by atoms with E-state index in [1.165, 1.54) is 6.08 Å². The minimum atomic E-state index is -0.260. The molecule has 0 aromatic heterocycles. The number of nitrogens with one attached hydrogen (secondary N) is 1. The number of methoxy groups -OCH3 is 1. The third kappa shape index (κ3) is 6.16. The minimum absolute atomic E-state index is 0.260. The summed E-state index contributed by atoms with van der Waals surface area (Å²) in [7, 11) is 1.54. The minimum Gasteiger partial charge on any atom is -0.495 e. The van der Waals surface area contributed by atoms with Crippen molar-refractivity contribution in [3.63, 3.8) is 0 Å². The number of carbonyl (C=O) groups excluding carboxylic acids is 1. The van der Waals surface area contributed by atoms with E-state index in [2.05, 4.69) is 12.2 Å². The SMILES string of the molecule is CCCCOc1ccc(C=CC(=O)Nc2cc(Cl)ccc2OC)cc1. The molecule has 132 valence electrons. The third-order valence-corrected chi connectivity index (χ3v) is 3.73. The normalized spacial score (nSPS) is 10.7. The molecule has 0 heterocycles. The predicted molar refractivity (Wildman–Crippen MR) is 103 cm³/mol. The van der Waals surface area contributed by atoms with Crippen LogP contribution in [0.2, 0.25) is 5.02 Å². The number of ether oxygens (including phenoxy) is 2. The molecule has 1 N–H and O–H groups in total. The second-order valence-electron chi connectivity index (χ2n) is 5.44. The van der Waals surface area contributed by atoms with Crippen molar-refractivity contribution in [1.29, 1.82) is 0 Å². The molecule has 4 nitrogen and oxygen atoms in total. The second kappa shape index (κ2) is 9.74. The summed E-state index contributed by atoms with van der Waals surface area (Å²) in [5, 5.41) is 3.28. The van der Waals surface area contributed by atoms with Crippen molar-refractivity contribution in [2.24, 2.45) is 0 Å². The van der Waals surface area contributed by atoms with E-state index in [-0.39, 0.29) is 5.91 Å². The maximum atomic E-state index is 12.1. The monoisotopic (exact) mass is 359 g/mol. The Bertz CT molecular complexity index is 726. The van der Waals surface area contributed by atoms with Crippen LogP contribution in [0.25, 0.3) is 6.08 Å². The number of unbranched alkanes of at least 4 members (excludes halogenated alkanes) is 1. The highest BCUT2D eigenvalue weighted by atomic mass is 35.5. The molecule has 2 aromatic carbocycles. The Morgan fingerprint density at radius 1 is 1.20 bits per heavy atom. The molecule has 0 fully saturated rings. The molecule has 1 amide bonds. The maximum absolute atomic E-state index is 12.1. The first-order valence-electron chi connectivity index (χ1n) is 8.18. The van der Waals surface area contributed by atoms with Crippen molar-refractivity contribution in [2.75, 3.05) is 19.0 Å². The predicted octanol–water partition coefficient (Wildman–Crippen LogP) is 5.18. The van der Waals surface area contributed by atoms with E-state index < -0.39 is 0 Å². The Morgan fingerprint density at radius 2 is 1.96 bits per heavy atom. The standard InChI is InChI=1S/C20H22ClNO3/c1-3-4-13-25-17-9-5-15(6-10-17)7-12-20(23)22-18-14-16(21)8-11-19(18)24-2/h5-12,14H,3-4,13H2,1-2H3,(H,22,23). The molecule has 0 spiro atoms. The lowest BCUT2D eigenvalue weighted by Gasteiger charge is -2.09. The second-order valence-corrected chi connectivity index (χ2v) is 5.87. The van der Waals surface area contributed by atoms with Crippen LogP contribution < -0.4 is 14.8 Å². The van der Waals surface area contributed by atoms with E-state index in [4.69, 9.17) is 21.1 Å². The number of amides is 1. The van der Waals surface area contributed by atoms with Crippen LogP contribution in [0.1, 0.15) is 25.3 Å². The number of hydrogen-bond acceptors (Lipinski definition) is 3. The van der Waals surface area contributed by atoms with E-state index in [9.17, 15) is 4.79 Å². The van der Waals surface area contributed by atoms with Crippen LogP contribution in [0.15, 0.2) is 48.5 Å². The van der Waals surface area contributed by atoms with Gasteiger partial charge in [0.25, 0.3) is 0 Å². The van der Waals surface area contributed by atoms with Crippen molar-refractivity contribution < 1.29 is 14.3 Å². The molecular weight excluding hydrogens is 338 g/mol. The number of rotatable bonds is 8. The van der Waals surface area contributed by atoms with E-state index in [1.807, 2.05) is 24.3 Å². The van der Waals surface area contributed by atoms with Crippen LogP contribution in [0.5, 0.6) is 11.5 Å². The van der Waals surface area contributed by atoms with Gasteiger partial charge in [0, 0.05) is 11.1 Å². The largest absolute Gasteiger partial charge is 0.495 e. The molecule has 0 atom stereocenters. The van der Waals surface area contributed by atoms with Crippen molar-refractivity contribution in [3.8, 4) is 11.5 Å². The lowest BCUT2D eigenvalue weighted by Crippen LogP contribution is -2.08. The van der Waals surface area contributed by atoms with Gasteiger partial charge in [-0.25, -0.2) is 0 Å². The lowest BCUT2D eigenvalue weighted by atomic mass is 10.2. The maximum Gasteiger partial charge on any atom is 0.248 e. The van der Waals surface area contributed by atoms with E-state index in [0.717, 1.165) is 30.8 Å². The molecule has 0 bridgehead atoms. The zero-order valence-corrected chi connectivity index (χ0v) is 15.2. The van der Waals surface area contributed by atoms with Gasteiger partial charge in [-0.1, -0.05) is 37.1 Å². The smallest absolute Gasteiger partial charge is 0.248 e. The molecule has 0 aliphatic heterocycles.